The molecule has 110 valence electrons. The highest BCUT2D eigenvalue weighted by Crippen LogP contribution is 2.47. The maximum absolute atomic E-state index is 4.77. The topological polar surface area (TPSA) is 49.8 Å². The molecule has 0 aliphatic heterocycles. The molecule has 2 aliphatic rings. The van der Waals surface area contributed by atoms with Crippen LogP contribution in [0, 0.1) is 6.92 Å². The minimum absolute atomic E-state index is 0.454. The van der Waals surface area contributed by atoms with E-state index in [4.69, 9.17) is 9.97 Å². The molecule has 0 radical (unpaired) electrons. The molecule has 2 saturated carbocycles. The van der Waals surface area contributed by atoms with Crippen molar-refractivity contribution in [1.82, 2.24) is 9.97 Å². The zero-order valence-electron chi connectivity index (χ0n) is 12.6. The van der Waals surface area contributed by atoms with Crippen LogP contribution in [0.1, 0.15) is 49.9 Å². The van der Waals surface area contributed by atoms with Crippen molar-refractivity contribution >= 4 is 23.4 Å². The lowest BCUT2D eigenvalue weighted by Gasteiger charge is -2.17. The van der Waals surface area contributed by atoms with Crippen molar-refractivity contribution < 1.29 is 0 Å². The van der Waals surface area contributed by atoms with Crippen molar-refractivity contribution in [3.63, 3.8) is 0 Å². The second kappa shape index (κ2) is 5.43. The van der Waals surface area contributed by atoms with E-state index in [0.29, 0.717) is 10.7 Å². The van der Waals surface area contributed by atoms with Crippen LogP contribution in [-0.2, 0) is 0 Å². The molecule has 0 unspecified atom stereocenters. The first-order valence-electron chi connectivity index (χ1n) is 7.59. The Balaban J connectivity index is 1.80. The molecule has 1 heterocycles. The number of nitrogens with zero attached hydrogens (tertiary/aromatic N) is 2. The Labute approximate surface area is 125 Å². The predicted molar refractivity (Wildman–Crippen MR) is 86.9 cm³/mol. The van der Waals surface area contributed by atoms with Gasteiger partial charge in [0, 0.05) is 29.3 Å². The molecular formula is C15H24N4S. The number of hydrogen-bond donors (Lipinski definition) is 2. The summed E-state index contributed by atoms with van der Waals surface area (Å²) in [6, 6.07) is 0. The zero-order chi connectivity index (χ0) is 14.2. The largest absolute Gasteiger partial charge is 0.370 e. The molecule has 5 heteroatoms. The number of rotatable bonds is 7. The monoisotopic (exact) mass is 292 g/mol. The second-order valence-corrected chi connectivity index (χ2v) is 7.22. The van der Waals surface area contributed by atoms with Crippen LogP contribution in [0.3, 0.4) is 0 Å². The summed E-state index contributed by atoms with van der Waals surface area (Å²) in [6.07, 6.45) is 7.33. The van der Waals surface area contributed by atoms with Gasteiger partial charge in [0.15, 0.2) is 0 Å². The van der Waals surface area contributed by atoms with Gasteiger partial charge in [0.25, 0.3) is 0 Å². The van der Waals surface area contributed by atoms with E-state index in [9.17, 15) is 0 Å². The first-order chi connectivity index (χ1) is 9.67. The minimum Gasteiger partial charge on any atom is -0.370 e. The quantitative estimate of drug-likeness (QED) is 0.806. The van der Waals surface area contributed by atoms with E-state index in [-0.39, 0.29) is 0 Å². The summed E-state index contributed by atoms with van der Waals surface area (Å²) in [5, 5.41) is 6.95. The maximum atomic E-state index is 4.77. The Hall–Kier alpha value is -0.970. The molecule has 0 bridgehead atoms. The molecule has 0 spiro atoms. The third kappa shape index (κ3) is 2.87. The number of aromatic nitrogens is 2. The molecule has 1 aromatic heterocycles. The van der Waals surface area contributed by atoms with Crippen molar-refractivity contribution in [3.8, 4) is 0 Å². The SMILES string of the molecule is CCNc1nc(C2CC2)nc(NCC2(SC)CC2)c1C. The highest BCUT2D eigenvalue weighted by molar-refractivity contribution is 8.00. The van der Waals surface area contributed by atoms with Gasteiger partial charge in [-0.05, 0) is 45.8 Å². The fourth-order valence-electron chi connectivity index (χ4n) is 2.41. The van der Waals surface area contributed by atoms with Crippen LogP contribution in [0.2, 0.25) is 0 Å². The van der Waals surface area contributed by atoms with Gasteiger partial charge in [-0.25, -0.2) is 9.97 Å². The summed E-state index contributed by atoms with van der Waals surface area (Å²) in [4.78, 5) is 9.47. The van der Waals surface area contributed by atoms with Crippen LogP contribution in [-0.4, -0.2) is 34.1 Å². The van der Waals surface area contributed by atoms with Gasteiger partial charge in [-0.2, -0.15) is 11.8 Å². The van der Waals surface area contributed by atoms with Gasteiger partial charge in [0.05, 0.1) is 0 Å². The molecule has 2 aliphatic carbocycles. The Bertz CT molecular complexity index is 495. The van der Waals surface area contributed by atoms with E-state index in [2.05, 4.69) is 30.7 Å². The Kier molecular flexibility index (Phi) is 3.80. The molecule has 0 aromatic carbocycles. The van der Waals surface area contributed by atoms with Crippen molar-refractivity contribution in [2.45, 2.75) is 50.2 Å². The molecule has 0 saturated heterocycles. The Morgan fingerprint density at radius 1 is 1.20 bits per heavy atom. The van der Waals surface area contributed by atoms with Crippen molar-refractivity contribution in [2.24, 2.45) is 0 Å². The van der Waals surface area contributed by atoms with Gasteiger partial charge >= 0.3 is 0 Å². The zero-order valence-corrected chi connectivity index (χ0v) is 13.4. The smallest absolute Gasteiger partial charge is 0.136 e. The minimum atomic E-state index is 0.454. The lowest BCUT2D eigenvalue weighted by atomic mass is 10.2. The lowest BCUT2D eigenvalue weighted by molar-refractivity contribution is 0.889. The summed E-state index contributed by atoms with van der Waals surface area (Å²) in [5.74, 6) is 3.63. The van der Waals surface area contributed by atoms with Crippen LogP contribution in [0.15, 0.2) is 0 Å². The Morgan fingerprint density at radius 2 is 1.85 bits per heavy atom. The average molecular weight is 292 g/mol. The van der Waals surface area contributed by atoms with Crippen molar-refractivity contribution in [1.29, 1.82) is 0 Å². The van der Waals surface area contributed by atoms with Gasteiger partial charge < -0.3 is 10.6 Å². The van der Waals surface area contributed by atoms with E-state index in [0.717, 1.165) is 36.1 Å². The lowest BCUT2D eigenvalue weighted by Crippen LogP contribution is -2.20. The summed E-state index contributed by atoms with van der Waals surface area (Å²) in [5.41, 5.74) is 1.15. The summed E-state index contributed by atoms with van der Waals surface area (Å²) < 4.78 is 0.454. The molecule has 2 N–H and O–H groups in total. The molecule has 1 aromatic rings. The number of hydrogen-bond acceptors (Lipinski definition) is 5. The number of nitrogens with one attached hydrogen (secondary N) is 2. The average Bonchev–Trinajstić information content (AvgIpc) is 3.34. The van der Waals surface area contributed by atoms with Gasteiger partial charge in [-0.15, -0.1) is 0 Å². The van der Waals surface area contributed by atoms with Crippen molar-refractivity contribution in [2.75, 3.05) is 30.0 Å². The van der Waals surface area contributed by atoms with Crippen LogP contribution >= 0.6 is 11.8 Å². The van der Waals surface area contributed by atoms with Gasteiger partial charge in [0.1, 0.15) is 17.5 Å². The molecule has 0 amide bonds. The van der Waals surface area contributed by atoms with E-state index in [1.54, 1.807) is 0 Å². The first-order valence-corrected chi connectivity index (χ1v) is 8.81. The first kappa shape index (κ1) is 14.0. The van der Waals surface area contributed by atoms with E-state index in [1.807, 2.05) is 11.8 Å². The van der Waals surface area contributed by atoms with Crippen LogP contribution in [0.25, 0.3) is 0 Å². The standard InChI is InChI=1S/C15H24N4S/c1-4-16-12-10(2)13(17-9-15(20-3)7-8-15)19-14(18-12)11-5-6-11/h11H,4-9H2,1-3H3,(H2,16,17,18,19). The van der Waals surface area contributed by atoms with Gasteiger partial charge in [-0.1, -0.05) is 0 Å². The maximum Gasteiger partial charge on any atom is 0.136 e. The summed E-state index contributed by atoms with van der Waals surface area (Å²) >= 11 is 1.98. The molecular weight excluding hydrogens is 268 g/mol. The molecule has 4 nitrogen and oxygen atoms in total. The molecule has 20 heavy (non-hydrogen) atoms. The fourth-order valence-corrected chi connectivity index (χ4v) is 3.13. The van der Waals surface area contributed by atoms with E-state index >= 15 is 0 Å². The van der Waals surface area contributed by atoms with Crippen LogP contribution in [0.4, 0.5) is 11.6 Å². The molecule has 0 atom stereocenters. The van der Waals surface area contributed by atoms with Crippen LogP contribution < -0.4 is 10.6 Å². The molecule has 3 rings (SSSR count). The molecule has 2 fully saturated rings. The highest BCUT2D eigenvalue weighted by Gasteiger charge is 2.41. The predicted octanol–water partition coefficient (Wildman–Crippen LogP) is 3.40. The van der Waals surface area contributed by atoms with E-state index in [1.165, 1.54) is 25.7 Å². The number of anilines is 2. The normalized spacial score (nSPS) is 19.8. The summed E-state index contributed by atoms with van der Waals surface area (Å²) in [7, 11) is 0. The van der Waals surface area contributed by atoms with Gasteiger partial charge in [0.2, 0.25) is 0 Å². The van der Waals surface area contributed by atoms with Gasteiger partial charge in [-0.3, -0.25) is 0 Å². The summed E-state index contributed by atoms with van der Waals surface area (Å²) in [6.45, 7) is 6.13. The third-order valence-corrected chi connectivity index (χ3v) is 5.69. The third-order valence-electron chi connectivity index (χ3n) is 4.27. The Morgan fingerprint density at radius 3 is 2.35 bits per heavy atom. The number of thioether (sulfide) groups is 1. The highest BCUT2D eigenvalue weighted by atomic mass is 32.2. The van der Waals surface area contributed by atoms with E-state index < -0.39 is 0 Å². The van der Waals surface area contributed by atoms with Crippen molar-refractivity contribution in [3.05, 3.63) is 11.4 Å². The van der Waals surface area contributed by atoms with Crippen LogP contribution in [0.5, 0.6) is 0 Å². The fraction of sp³-hybridized carbons (Fsp3) is 0.733. The second-order valence-electron chi connectivity index (χ2n) is 5.95.